The van der Waals surface area contributed by atoms with Gasteiger partial charge in [-0.3, -0.25) is 14.5 Å². The van der Waals surface area contributed by atoms with Gasteiger partial charge in [0.05, 0.1) is 28.5 Å². The molecule has 0 bridgehead atoms. The summed E-state index contributed by atoms with van der Waals surface area (Å²) in [5, 5.41) is 32.1. The van der Waals surface area contributed by atoms with E-state index in [0.29, 0.717) is 27.7 Å². The first kappa shape index (κ1) is 22.7. The molecule has 2 aliphatic carbocycles. The number of hydrogen-bond acceptors (Lipinski definition) is 5. The lowest BCUT2D eigenvalue weighted by Crippen LogP contribution is -2.39. The number of amides is 1. The lowest BCUT2D eigenvalue weighted by Gasteiger charge is -2.36. The standard InChI is InChI=1S/C28H29N5O3/c1-18-5-4-7-26(33(18)36)27(34)30-25-15-19-17-32(21-10-12-28(35,13-11-21)20-8-9-20)31-24(19)16-22(25)23-6-2-3-14-29-23/h2-7,14-17,20-21,35H,8-13H2,1H3,(H,30,34). The Morgan fingerprint density at radius 3 is 2.67 bits per heavy atom. The second-order valence-electron chi connectivity index (χ2n) is 10.2. The van der Waals surface area contributed by atoms with Crippen molar-refractivity contribution in [3.63, 3.8) is 0 Å². The summed E-state index contributed by atoms with van der Waals surface area (Å²) in [5.41, 5.74) is 2.80. The Morgan fingerprint density at radius 2 is 1.94 bits per heavy atom. The largest absolute Gasteiger partial charge is 0.618 e. The number of anilines is 1. The van der Waals surface area contributed by atoms with Crippen LogP contribution in [0.3, 0.4) is 0 Å². The van der Waals surface area contributed by atoms with E-state index in [1.54, 1.807) is 25.3 Å². The number of carbonyl (C=O) groups is 1. The third-order valence-electron chi connectivity index (χ3n) is 7.75. The molecule has 0 radical (unpaired) electrons. The molecule has 4 aromatic rings. The number of aryl methyl sites for hydroxylation is 1. The molecule has 0 unspecified atom stereocenters. The van der Waals surface area contributed by atoms with Gasteiger partial charge in [0, 0.05) is 42.4 Å². The second kappa shape index (κ2) is 8.71. The summed E-state index contributed by atoms with van der Waals surface area (Å²) < 4.78 is 2.65. The SMILES string of the molecule is Cc1cccc(C(=O)Nc2cc3cn(C4CCC(O)(C5CC5)CC4)nc3cc2-c2ccccn2)[n+]1[O-]. The van der Waals surface area contributed by atoms with Crippen LogP contribution < -0.4 is 10.0 Å². The first-order chi connectivity index (χ1) is 17.4. The van der Waals surface area contributed by atoms with Gasteiger partial charge in [0.15, 0.2) is 5.69 Å². The highest BCUT2D eigenvalue weighted by molar-refractivity contribution is 6.06. The van der Waals surface area contributed by atoms with Gasteiger partial charge in [-0.05, 0) is 74.8 Å². The molecular weight excluding hydrogens is 454 g/mol. The van der Waals surface area contributed by atoms with Crippen molar-refractivity contribution in [1.82, 2.24) is 14.8 Å². The summed E-state index contributed by atoms with van der Waals surface area (Å²) in [6, 6.07) is 14.6. The molecule has 2 saturated carbocycles. The topological polar surface area (TPSA) is 107 Å². The fourth-order valence-electron chi connectivity index (χ4n) is 5.47. The third kappa shape index (κ3) is 4.11. The lowest BCUT2D eigenvalue weighted by atomic mass is 9.79. The van der Waals surface area contributed by atoms with Crippen LogP contribution in [0.25, 0.3) is 22.2 Å². The van der Waals surface area contributed by atoms with Crippen LogP contribution in [0.5, 0.6) is 0 Å². The van der Waals surface area contributed by atoms with E-state index in [9.17, 15) is 15.1 Å². The van der Waals surface area contributed by atoms with Crippen molar-refractivity contribution < 1.29 is 14.6 Å². The molecule has 8 heteroatoms. The van der Waals surface area contributed by atoms with E-state index in [2.05, 4.69) is 10.3 Å². The Bertz CT molecular complexity index is 1440. The van der Waals surface area contributed by atoms with Crippen LogP contribution >= 0.6 is 0 Å². The van der Waals surface area contributed by atoms with Crippen molar-refractivity contribution >= 4 is 22.5 Å². The molecule has 1 aromatic carbocycles. The van der Waals surface area contributed by atoms with Gasteiger partial charge in [0.2, 0.25) is 0 Å². The van der Waals surface area contributed by atoms with Gasteiger partial charge < -0.3 is 15.6 Å². The molecule has 36 heavy (non-hydrogen) atoms. The molecule has 0 atom stereocenters. The molecule has 2 aliphatic rings. The van der Waals surface area contributed by atoms with E-state index >= 15 is 0 Å². The van der Waals surface area contributed by atoms with Crippen molar-refractivity contribution in [2.45, 2.75) is 57.1 Å². The number of fused-ring (bicyclic) bond motifs is 1. The maximum atomic E-state index is 13.1. The van der Waals surface area contributed by atoms with E-state index in [4.69, 9.17) is 5.10 Å². The monoisotopic (exact) mass is 483 g/mol. The Hall–Kier alpha value is -3.78. The van der Waals surface area contributed by atoms with E-state index in [0.717, 1.165) is 55.0 Å². The molecule has 0 spiro atoms. The predicted molar refractivity (Wildman–Crippen MR) is 136 cm³/mol. The number of carbonyl (C=O) groups excluding carboxylic acids is 1. The predicted octanol–water partition coefficient (Wildman–Crippen LogP) is 4.55. The Kier molecular flexibility index (Phi) is 5.48. The number of pyridine rings is 2. The van der Waals surface area contributed by atoms with Crippen LogP contribution in [0.2, 0.25) is 0 Å². The number of benzene rings is 1. The zero-order valence-corrected chi connectivity index (χ0v) is 20.2. The van der Waals surface area contributed by atoms with Gasteiger partial charge in [-0.1, -0.05) is 6.07 Å². The minimum Gasteiger partial charge on any atom is -0.618 e. The minimum atomic E-state index is -0.499. The first-order valence-electron chi connectivity index (χ1n) is 12.6. The average molecular weight is 484 g/mol. The Morgan fingerprint density at radius 1 is 1.14 bits per heavy atom. The molecule has 8 nitrogen and oxygen atoms in total. The summed E-state index contributed by atoms with van der Waals surface area (Å²) in [7, 11) is 0. The Labute approximate surface area is 209 Å². The summed E-state index contributed by atoms with van der Waals surface area (Å²) in [6.45, 7) is 1.67. The van der Waals surface area contributed by atoms with Crippen molar-refractivity contribution in [1.29, 1.82) is 0 Å². The van der Waals surface area contributed by atoms with Gasteiger partial charge in [0.1, 0.15) is 0 Å². The van der Waals surface area contributed by atoms with Gasteiger partial charge in [-0.2, -0.15) is 9.83 Å². The summed E-state index contributed by atoms with van der Waals surface area (Å²) in [6.07, 6.45) is 9.43. The number of rotatable bonds is 5. The highest BCUT2D eigenvalue weighted by Crippen LogP contribution is 2.49. The molecule has 1 amide bonds. The van der Waals surface area contributed by atoms with Crippen LogP contribution in [-0.4, -0.2) is 31.4 Å². The summed E-state index contributed by atoms with van der Waals surface area (Å²) in [5.74, 6) is -0.00675. The van der Waals surface area contributed by atoms with Gasteiger partial charge in [0.25, 0.3) is 5.69 Å². The highest BCUT2D eigenvalue weighted by atomic mass is 16.5. The fourth-order valence-corrected chi connectivity index (χ4v) is 5.47. The first-order valence-corrected chi connectivity index (χ1v) is 12.6. The van der Waals surface area contributed by atoms with Gasteiger partial charge >= 0.3 is 5.91 Å². The number of aliphatic hydroxyl groups is 1. The fraction of sp³-hybridized carbons (Fsp3) is 0.357. The zero-order valence-electron chi connectivity index (χ0n) is 20.2. The van der Waals surface area contributed by atoms with Crippen LogP contribution in [-0.2, 0) is 0 Å². The number of nitrogens with one attached hydrogen (secondary N) is 1. The van der Waals surface area contributed by atoms with E-state index in [1.807, 2.05) is 41.2 Å². The molecule has 184 valence electrons. The quantitative estimate of drug-likeness (QED) is 0.320. The molecule has 6 rings (SSSR count). The van der Waals surface area contributed by atoms with Crippen LogP contribution in [0.4, 0.5) is 5.69 Å². The summed E-state index contributed by atoms with van der Waals surface area (Å²) >= 11 is 0. The van der Waals surface area contributed by atoms with Crippen molar-refractivity contribution in [3.05, 3.63) is 77.5 Å². The molecular formula is C28H29N5O3. The van der Waals surface area contributed by atoms with Gasteiger partial charge in [-0.25, -0.2) is 0 Å². The lowest BCUT2D eigenvalue weighted by molar-refractivity contribution is -0.614. The molecule has 2 N–H and O–H groups in total. The number of hydrogen-bond donors (Lipinski definition) is 2. The minimum absolute atomic E-state index is 0.0307. The molecule has 2 fully saturated rings. The molecule has 0 aliphatic heterocycles. The van der Waals surface area contributed by atoms with Crippen molar-refractivity contribution in [2.75, 3.05) is 5.32 Å². The maximum absolute atomic E-state index is 13.1. The van der Waals surface area contributed by atoms with Crippen LogP contribution in [0.1, 0.15) is 60.7 Å². The maximum Gasteiger partial charge on any atom is 0.321 e. The summed E-state index contributed by atoms with van der Waals surface area (Å²) in [4.78, 5) is 17.6. The molecule has 3 heterocycles. The Balaban J connectivity index is 1.34. The average Bonchev–Trinajstić information content (AvgIpc) is 3.67. The van der Waals surface area contributed by atoms with Crippen molar-refractivity contribution in [2.24, 2.45) is 5.92 Å². The normalized spacial score (nSPS) is 22.0. The van der Waals surface area contributed by atoms with E-state index in [1.165, 1.54) is 6.07 Å². The molecule has 3 aromatic heterocycles. The smallest absolute Gasteiger partial charge is 0.321 e. The molecule has 0 saturated heterocycles. The van der Waals surface area contributed by atoms with Crippen molar-refractivity contribution in [3.8, 4) is 11.3 Å². The third-order valence-corrected chi connectivity index (χ3v) is 7.75. The number of aromatic nitrogens is 4. The van der Waals surface area contributed by atoms with E-state index < -0.39 is 11.5 Å². The van der Waals surface area contributed by atoms with E-state index in [-0.39, 0.29) is 11.7 Å². The van der Waals surface area contributed by atoms with Gasteiger partial charge in [-0.15, -0.1) is 0 Å². The van der Waals surface area contributed by atoms with Crippen LogP contribution in [0, 0.1) is 18.0 Å². The highest BCUT2D eigenvalue weighted by Gasteiger charge is 2.45. The second-order valence-corrected chi connectivity index (χ2v) is 10.2. The van der Waals surface area contributed by atoms with Crippen LogP contribution in [0.15, 0.2) is 60.9 Å². The zero-order chi connectivity index (χ0) is 24.9. The number of nitrogens with zero attached hydrogens (tertiary/aromatic N) is 4.